The Labute approximate surface area is 112 Å². The molecular formula is C17H26O. The first-order chi connectivity index (χ1) is 8.56. The summed E-state index contributed by atoms with van der Waals surface area (Å²) in [4.78, 5) is 10.8. The molecule has 0 heterocycles. The maximum absolute atomic E-state index is 10.8. The number of aldehydes is 1. The summed E-state index contributed by atoms with van der Waals surface area (Å²) in [7, 11) is 0. The third kappa shape index (κ3) is 5.03. The van der Waals surface area contributed by atoms with E-state index in [9.17, 15) is 4.79 Å². The maximum Gasteiger partial charge on any atom is 0.123 e. The van der Waals surface area contributed by atoms with Crippen molar-refractivity contribution in [3.8, 4) is 0 Å². The molecule has 0 aliphatic carbocycles. The minimum Gasteiger partial charge on any atom is -0.303 e. The quantitative estimate of drug-likeness (QED) is 0.482. The van der Waals surface area contributed by atoms with Crippen molar-refractivity contribution in [1.29, 1.82) is 0 Å². The minimum absolute atomic E-state index is 0.147. The predicted molar refractivity (Wildman–Crippen MR) is 77.6 cm³/mol. The number of hydrogen-bond acceptors (Lipinski definition) is 1. The summed E-state index contributed by atoms with van der Waals surface area (Å²) in [6, 6.07) is 10.7. The van der Waals surface area contributed by atoms with E-state index in [4.69, 9.17) is 0 Å². The van der Waals surface area contributed by atoms with Gasteiger partial charge in [-0.25, -0.2) is 0 Å². The van der Waals surface area contributed by atoms with E-state index in [1.165, 1.54) is 31.2 Å². The molecule has 0 aliphatic heterocycles. The smallest absolute Gasteiger partial charge is 0.123 e. The Kier molecular flexibility index (Phi) is 6.11. The zero-order chi connectivity index (χ0) is 13.4. The van der Waals surface area contributed by atoms with E-state index < -0.39 is 0 Å². The number of unbranched alkanes of at least 4 members (excludes halogenated alkanes) is 2. The first kappa shape index (κ1) is 14.9. The van der Waals surface area contributed by atoms with Crippen molar-refractivity contribution < 1.29 is 4.79 Å². The highest BCUT2D eigenvalue weighted by molar-refractivity contribution is 5.54. The van der Waals surface area contributed by atoms with E-state index in [-0.39, 0.29) is 11.3 Å². The van der Waals surface area contributed by atoms with Crippen LogP contribution >= 0.6 is 0 Å². The number of hydrogen-bond donors (Lipinski definition) is 0. The molecule has 0 amide bonds. The summed E-state index contributed by atoms with van der Waals surface area (Å²) in [6.45, 7) is 6.42. The normalized spacial score (nSPS) is 13.3. The lowest BCUT2D eigenvalue weighted by Gasteiger charge is -2.28. The molecule has 0 radical (unpaired) electrons. The summed E-state index contributed by atoms with van der Waals surface area (Å²) in [5, 5.41) is 0. The second kappa shape index (κ2) is 7.35. The van der Waals surface area contributed by atoms with Crippen LogP contribution in [0.15, 0.2) is 30.3 Å². The van der Waals surface area contributed by atoms with Gasteiger partial charge in [-0.2, -0.15) is 0 Å². The van der Waals surface area contributed by atoms with Gasteiger partial charge in [0.2, 0.25) is 0 Å². The molecule has 0 saturated heterocycles. The van der Waals surface area contributed by atoms with Crippen molar-refractivity contribution in [2.75, 3.05) is 0 Å². The standard InChI is InChI=1S/C17H26O/c1-15(14-18)17(2,3)13-9-5-8-12-16-10-6-4-7-11-16/h4,6-7,10-11,14-15H,5,8-9,12-13H2,1-3H3/t15-/m0/s1. The van der Waals surface area contributed by atoms with Gasteiger partial charge in [0.25, 0.3) is 0 Å². The zero-order valence-electron chi connectivity index (χ0n) is 12.0. The van der Waals surface area contributed by atoms with E-state index in [2.05, 4.69) is 44.2 Å². The summed E-state index contributed by atoms with van der Waals surface area (Å²) in [6.07, 6.45) is 7.12. The number of benzene rings is 1. The van der Waals surface area contributed by atoms with Crippen LogP contribution in [0.2, 0.25) is 0 Å². The summed E-state index contributed by atoms with van der Waals surface area (Å²) in [5.41, 5.74) is 1.58. The van der Waals surface area contributed by atoms with Crippen molar-refractivity contribution in [3.05, 3.63) is 35.9 Å². The SMILES string of the molecule is C[C@@H](C=O)C(C)(C)CCCCCc1ccccc1. The van der Waals surface area contributed by atoms with E-state index in [0.29, 0.717) is 0 Å². The second-order valence-electron chi connectivity index (χ2n) is 5.96. The van der Waals surface area contributed by atoms with Gasteiger partial charge in [-0.05, 0) is 30.2 Å². The molecule has 1 aromatic rings. The molecule has 0 aromatic heterocycles. The number of rotatable bonds is 8. The Balaban J connectivity index is 2.17. The molecule has 1 heteroatoms. The van der Waals surface area contributed by atoms with E-state index in [1.807, 2.05) is 6.92 Å². The predicted octanol–water partition coefficient (Wildman–Crippen LogP) is 4.65. The zero-order valence-corrected chi connectivity index (χ0v) is 12.0. The average Bonchev–Trinajstić information content (AvgIpc) is 2.38. The summed E-state index contributed by atoms with van der Waals surface area (Å²) in [5.74, 6) is 0.159. The van der Waals surface area contributed by atoms with Crippen LogP contribution in [0.25, 0.3) is 0 Å². The van der Waals surface area contributed by atoms with Crippen LogP contribution in [0, 0.1) is 11.3 Å². The lowest BCUT2D eigenvalue weighted by Crippen LogP contribution is -2.22. The van der Waals surface area contributed by atoms with Crippen LogP contribution in [-0.2, 0) is 11.2 Å². The van der Waals surface area contributed by atoms with Crippen molar-refractivity contribution in [2.45, 2.75) is 52.9 Å². The van der Waals surface area contributed by atoms with Gasteiger partial charge in [-0.3, -0.25) is 0 Å². The van der Waals surface area contributed by atoms with Crippen LogP contribution < -0.4 is 0 Å². The van der Waals surface area contributed by atoms with Crippen molar-refractivity contribution in [2.24, 2.45) is 11.3 Å². The molecule has 1 aromatic carbocycles. The molecule has 0 spiro atoms. The van der Waals surface area contributed by atoms with Crippen molar-refractivity contribution in [3.63, 3.8) is 0 Å². The molecule has 0 saturated carbocycles. The van der Waals surface area contributed by atoms with Gasteiger partial charge in [0.05, 0.1) is 0 Å². The lowest BCUT2D eigenvalue weighted by atomic mass is 9.77. The molecule has 0 aliphatic rings. The fraction of sp³-hybridized carbons (Fsp3) is 0.588. The van der Waals surface area contributed by atoms with Gasteiger partial charge in [-0.1, -0.05) is 63.9 Å². The topological polar surface area (TPSA) is 17.1 Å². The molecular weight excluding hydrogens is 220 g/mol. The van der Waals surface area contributed by atoms with E-state index in [1.54, 1.807) is 0 Å². The highest BCUT2D eigenvalue weighted by atomic mass is 16.1. The van der Waals surface area contributed by atoms with Crippen LogP contribution in [0.5, 0.6) is 0 Å². The van der Waals surface area contributed by atoms with Gasteiger partial charge in [0, 0.05) is 5.92 Å². The Morgan fingerprint density at radius 1 is 1.11 bits per heavy atom. The summed E-state index contributed by atoms with van der Waals surface area (Å²) < 4.78 is 0. The lowest BCUT2D eigenvalue weighted by molar-refractivity contribution is -0.113. The molecule has 0 fully saturated rings. The van der Waals surface area contributed by atoms with Crippen LogP contribution in [-0.4, -0.2) is 6.29 Å². The fourth-order valence-corrected chi connectivity index (χ4v) is 2.14. The highest BCUT2D eigenvalue weighted by Crippen LogP contribution is 2.31. The Morgan fingerprint density at radius 3 is 2.39 bits per heavy atom. The van der Waals surface area contributed by atoms with E-state index in [0.717, 1.165) is 12.7 Å². The second-order valence-corrected chi connectivity index (χ2v) is 5.96. The third-order valence-corrected chi connectivity index (χ3v) is 4.07. The molecule has 0 N–H and O–H groups in total. The number of aryl methyl sites for hydroxylation is 1. The maximum atomic E-state index is 10.8. The Bertz CT molecular complexity index is 340. The number of carbonyl (C=O) groups excluding carboxylic acids is 1. The first-order valence-corrected chi connectivity index (χ1v) is 7.05. The van der Waals surface area contributed by atoms with Crippen LogP contribution in [0.1, 0.15) is 52.0 Å². The first-order valence-electron chi connectivity index (χ1n) is 7.05. The van der Waals surface area contributed by atoms with Crippen molar-refractivity contribution >= 4 is 6.29 Å². The van der Waals surface area contributed by atoms with E-state index >= 15 is 0 Å². The Hall–Kier alpha value is -1.11. The fourth-order valence-electron chi connectivity index (χ4n) is 2.14. The molecule has 100 valence electrons. The molecule has 1 nitrogen and oxygen atoms in total. The van der Waals surface area contributed by atoms with Crippen LogP contribution in [0.4, 0.5) is 0 Å². The summed E-state index contributed by atoms with van der Waals surface area (Å²) >= 11 is 0. The largest absolute Gasteiger partial charge is 0.303 e. The average molecular weight is 246 g/mol. The van der Waals surface area contributed by atoms with Crippen molar-refractivity contribution in [1.82, 2.24) is 0 Å². The van der Waals surface area contributed by atoms with Gasteiger partial charge in [0.15, 0.2) is 0 Å². The van der Waals surface area contributed by atoms with Gasteiger partial charge in [0.1, 0.15) is 6.29 Å². The number of carbonyl (C=O) groups is 1. The Morgan fingerprint density at radius 2 is 1.78 bits per heavy atom. The minimum atomic E-state index is 0.147. The third-order valence-electron chi connectivity index (χ3n) is 4.07. The van der Waals surface area contributed by atoms with Gasteiger partial charge in [-0.15, -0.1) is 0 Å². The van der Waals surface area contributed by atoms with Gasteiger partial charge < -0.3 is 4.79 Å². The molecule has 18 heavy (non-hydrogen) atoms. The molecule has 0 bridgehead atoms. The molecule has 1 atom stereocenters. The monoisotopic (exact) mass is 246 g/mol. The van der Waals surface area contributed by atoms with Gasteiger partial charge >= 0.3 is 0 Å². The molecule has 0 unspecified atom stereocenters. The molecule has 1 rings (SSSR count). The van der Waals surface area contributed by atoms with Crippen LogP contribution in [0.3, 0.4) is 0 Å². The highest BCUT2D eigenvalue weighted by Gasteiger charge is 2.24.